The minimum Gasteiger partial charge on any atom is -0.447 e. The number of anilines is 1. The molecule has 0 aliphatic carbocycles. The maximum absolute atomic E-state index is 13.7. The first kappa shape index (κ1) is 33.1. The maximum atomic E-state index is 13.7. The Labute approximate surface area is 262 Å². The van der Waals surface area contributed by atoms with Gasteiger partial charge in [0.25, 0.3) is 15.6 Å². The maximum Gasteiger partial charge on any atom is 0.421 e. The monoisotopic (exact) mass is 634 g/mol. The van der Waals surface area contributed by atoms with Crippen molar-refractivity contribution in [1.82, 2.24) is 24.5 Å². The van der Waals surface area contributed by atoms with Crippen LogP contribution in [-0.4, -0.2) is 68.8 Å². The fourth-order valence-electron chi connectivity index (χ4n) is 4.68. The smallest absolute Gasteiger partial charge is 0.421 e. The number of hydrogen-bond acceptors (Lipinski definition) is 8. The summed E-state index contributed by atoms with van der Waals surface area (Å²) in [7, 11) is -0.601. The lowest BCUT2D eigenvalue weighted by atomic mass is 10.0. The molecular weight excluding hydrogens is 596 g/mol. The molecule has 0 saturated heterocycles. The van der Waals surface area contributed by atoms with Crippen LogP contribution in [0.15, 0.2) is 76.4 Å². The molecule has 3 aromatic carbocycles. The highest BCUT2D eigenvalue weighted by molar-refractivity contribution is 7.90. The van der Waals surface area contributed by atoms with E-state index in [1.165, 1.54) is 6.07 Å². The number of carbonyl (C=O) groups excluding carboxylic acids is 2. The highest BCUT2D eigenvalue weighted by Gasteiger charge is 2.22. The van der Waals surface area contributed by atoms with Crippen molar-refractivity contribution in [1.29, 1.82) is 0 Å². The van der Waals surface area contributed by atoms with Crippen LogP contribution < -0.4 is 20.9 Å². The third-order valence-electron chi connectivity index (χ3n) is 6.87. The molecule has 3 N–H and O–H groups in total. The number of aromatic nitrogens is 2. The Balaban J connectivity index is 1.61. The molecule has 0 atom stereocenters. The van der Waals surface area contributed by atoms with Gasteiger partial charge in [0, 0.05) is 30.8 Å². The van der Waals surface area contributed by atoms with E-state index in [-0.39, 0.29) is 29.6 Å². The average molecular weight is 635 g/mol. The van der Waals surface area contributed by atoms with Crippen molar-refractivity contribution in [2.45, 2.75) is 38.1 Å². The molecular formula is C32H38N6O6S. The molecule has 3 amide bonds. The molecule has 4 rings (SSSR count). The number of fused-ring (bicyclic) bond motifs is 1. The summed E-state index contributed by atoms with van der Waals surface area (Å²) in [6, 6.07) is 18.2. The summed E-state index contributed by atoms with van der Waals surface area (Å²) in [4.78, 5) is 44.4. The van der Waals surface area contributed by atoms with Crippen molar-refractivity contribution in [3.05, 3.63) is 88.5 Å². The van der Waals surface area contributed by atoms with E-state index in [0.29, 0.717) is 53.1 Å². The van der Waals surface area contributed by atoms with Gasteiger partial charge in [-0.2, -0.15) is 0 Å². The predicted molar refractivity (Wildman–Crippen MR) is 174 cm³/mol. The second-order valence-electron chi connectivity index (χ2n) is 10.6. The van der Waals surface area contributed by atoms with Crippen molar-refractivity contribution < 1.29 is 22.7 Å². The Kier molecular flexibility index (Phi) is 10.9. The lowest BCUT2D eigenvalue weighted by molar-refractivity contribution is 0.142. The normalized spacial score (nSPS) is 11.4. The molecule has 4 aromatic rings. The third-order valence-corrected chi connectivity index (χ3v) is 8.24. The number of ether oxygens (including phenoxy) is 1. The zero-order valence-electron chi connectivity index (χ0n) is 25.8. The third kappa shape index (κ3) is 8.46. The fraction of sp³-hybridized carbons (Fsp3) is 0.312. The number of aryl methyl sites for hydroxylation is 1. The molecule has 13 heteroatoms. The van der Waals surface area contributed by atoms with E-state index in [4.69, 9.17) is 9.72 Å². The van der Waals surface area contributed by atoms with Gasteiger partial charge < -0.3 is 20.3 Å². The van der Waals surface area contributed by atoms with Crippen molar-refractivity contribution in [3.8, 4) is 11.1 Å². The van der Waals surface area contributed by atoms with E-state index in [0.717, 1.165) is 12.0 Å². The SMILES string of the molecule is CCCc1nc2ccc(NC(=O)NCC)cc2c(=O)n1Cc1ccc(-c2ccccc2S(=O)(=O)NC(=O)OCCN(C)C)cc1. The van der Waals surface area contributed by atoms with Crippen LogP contribution in [0, 0.1) is 0 Å². The summed E-state index contributed by atoms with van der Waals surface area (Å²) in [5.74, 6) is 0.642. The van der Waals surface area contributed by atoms with Crippen LogP contribution in [0.4, 0.5) is 15.3 Å². The lowest BCUT2D eigenvalue weighted by Crippen LogP contribution is -2.33. The van der Waals surface area contributed by atoms with Gasteiger partial charge in [-0.15, -0.1) is 0 Å². The number of benzene rings is 3. The molecule has 0 aliphatic heterocycles. The summed E-state index contributed by atoms with van der Waals surface area (Å²) in [6.07, 6.45) is 0.334. The molecule has 0 saturated carbocycles. The van der Waals surface area contributed by atoms with Crippen LogP contribution in [0.2, 0.25) is 0 Å². The van der Waals surface area contributed by atoms with Crippen LogP contribution >= 0.6 is 0 Å². The van der Waals surface area contributed by atoms with Gasteiger partial charge in [-0.1, -0.05) is 49.4 Å². The average Bonchev–Trinajstić information content (AvgIpc) is 2.99. The Morgan fingerprint density at radius 2 is 1.73 bits per heavy atom. The van der Waals surface area contributed by atoms with Crippen LogP contribution in [0.1, 0.15) is 31.7 Å². The fourth-order valence-corrected chi connectivity index (χ4v) is 5.81. The van der Waals surface area contributed by atoms with Crippen molar-refractivity contribution in [2.75, 3.05) is 39.1 Å². The molecule has 1 heterocycles. The number of nitrogens with zero attached hydrogens (tertiary/aromatic N) is 3. The van der Waals surface area contributed by atoms with Gasteiger partial charge in [-0.3, -0.25) is 9.36 Å². The first-order chi connectivity index (χ1) is 21.5. The van der Waals surface area contributed by atoms with Gasteiger partial charge in [-0.25, -0.2) is 27.7 Å². The Bertz CT molecular complexity index is 1840. The topological polar surface area (TPSA) is 152 Å². The zero-order chi connectivity index (χ0) is 32.6. The predicted octanol–water partition coefficient (Wildman–Crippen LogP) is 4.18. The van der Waals surface area contributed by atoms with Crippen LogP contribution in [0.5, 0.6) is 0 Å². The highest BCUT2D eigenvalue weighted by atomic mass is 32.2. The van der Waals surface area contributed by atoms with Gasteiger partial charge >= 0.3 is 12.1 Å². The van der Waals surface area contributed by atoms with Crippen LogP contribution in [0.25, 0.3) is 22.0 Å². The highest BCUT2D eigenvalue weighted by Crippen LogP contribution is 2.28. The molecule has 0 fully saturated rings. The summed E-state index contributed by atoms with van der Waals surface area (Å²) in [5.41, 5.74) is 2.62. The van der Waals surface area contributed by atoms with Gasteiger partial charge in [0.15, 0.2) is 0 Å². The minimum absolute atomic E-state index is 0.0431. The molecule has 0 unspecified atom stereocenters. The lowest BCUT2D eigenvalue weighted by Gasteiger charge is -2.15. The van der Waals surface area contributed by atoms with Gasteiger partial charge in [0.2, 0.25) is 0 Å². The summed E-state index contributed by atoms with van der Waals surface area (Å²) >= 11 is 0. The molecule has 45 heavy (non-hydrogen) atoms. The standard InChI is InChI=1S/C32H38N6O6S/c1-5-9-29-35-27-17-16-24(34-31(40)33-6-2)20-26(27)30(39)38(29)21-22-12-14-23(15-13-22)25-10-7-8-11-28(25)45(42,43)36-32(41)44-19-18-37(3)4/h7-8,10-17,20H,5-6,9,18-19,21H2,1-4H3,(H,36,41)(H2,33,34,40). The molecule has 0 bridgehead atoms. The Morgan fingerprint density at radius 3 is 2.42 bits per heavy atom. The van der Waals surface area contributed by atoms with Gasteiger partial charge in [0.1, 0.15) is 12.4 Å². The first-order valence-corrected chi connectivity index (χ1v) is 16.1. The summed E-state index contributed by atoms with van der Waals surface area (Å²) in [5, 5.41) is 5.78. The minimum atomic E-state index is -4.22. The number of nitrogens with one attached hydrogen (secondary N) is 3. The number of likely N-dealkylation sites (N-methyl/N-ethyl adjacent to an activating group) is 1. The number of amides is 3. The second kappa shape index (κ2) is 14.8. The summed E-state index contributed by atoms with van der Waals surface area (Å²) in [6.45, 7) is 5.03. The van der Waals surface area contributed by atoms with Gasteiger partial charge in [0.05, 0.1) is 22.3 Å². The van der Waals surface area contributed by atoms with E-state index in [9.17, 15) is 22.8 Å². The van der Waals surface area contributed by atoms with E-state index < -0.39 is 16.1 Å². The summed E-state index contributed by atoms with van der Waals surface area (Å²) < 4.78 is 34.8. The van der Waals surface area contributed by atoms with E-state index in [1.54, 1.807) is 53.1 Å². The largest absolute Gasteiger partial charge is 0.447 e. The Morgan fingerprint density at radius 1 is 1.00 bits per heavy atom. The number of sulfonamides is 1. The molecule has 0 spiro atoms. The number of rotatable bonds is 12. The first-order valence-electron chi connectivity index (χ1n) is 14.6. The van der Waals surface area contributed by atoms with Crippen molar-refractivity contribution in [2.24, 2.45) is 0 Å². The quantitative estimate of drug-likeness (QED) is 0.210. The zero-order valence-corrected chi connectivity index (χ0v) is 26.6. The molecule has 12 nitrogen and oxygen atoms in total. The molecule has 238 valence electrons. The number of urea groups is 1. The van der Waals surface area contributed by atoms with Gasteiger partial charge in [-0.05, 0) is 62.8 Å². The second-order valence-corrected chi connectivity index (χ2v) is 12.3. The van der Waals surface area contributed by atoms with E-state index in [2.05, 4.69) is 10.6 Å². The molecule has 0 radical (unpaired) electrons. The van der Waals surface area contributed by atoms with E-state index >= 15 is 0 Å². The van der Waals surface area contributed by atoms with Crippen molar-refractivity contribution >= 4 is 38.7 Å². The van der Waals surface area contributed by atoms with Crippen LogP contribution in [0.3, 0.4) is 0 Å². The van der Waals surface area contributed by atoms with Crippen LogP contribution in [-0.2, 0) is 27.7 Å². The van der Waals surface area contributed by atoms with E-state index in [1.807, 2.05) is 49.7 Å². The molecule has 0 aliphatic rings. The van der Waals surface area contributed by atoms with Crippen molar-refractivity contribution in [3.63, 3.8) is 0 Å². The number of hydrogen-bond donors (Lipinski definition) is 3. The molecule has 1 aromatic heterocycles. The Hall–Kier alpha value is -4.75. The number of carbonyl (C=O) groups is 2.